The summed E-state index contributed by atoms with van der Waals surface area (Å²) in [5.41, 5.74) is 0.914. The first-order valence-electron chi connectivity index (χ1n) is 6.49. The van der Waals surface area contributed by atoms with E-state index in [1.165, 1.54) is 0 Å². The number of hydrogen-bond donors (Lipinski definition) is 1. The molecule has 0 heterocycles. The third-order valence-corrected chi connectivity index (χ3v) is 2.56. The molecule has 0 amide bonds. The van der Waals surface area contributed by atoms with Gasteiger partial charge in [0.25, 0.3) is 0 Å². The molecule has 18 heavy (non-hydrogen) atoms. The molecule has 102 valence electrons. The molecule has 0 aromatic heterocycles. The lowest BCUT2D eigenvalue weighted by atomic mass is 10.1. The van der Waals surface area contributed by atoms with Gasteiger partial charge in [0.1, 0.15) is 5.75 Å². The van der Waals surface area contributed by atoms with Crippen LogP contribution >= 0.6 is 0 Å². The third-order valence-electron chi connectivity index (χ3n) is 2.56. The van der Waals surface area contributed by atoms with Gasteiger partial charge in [0.15, 0.2) is 0 Å². The summed E-state index contributed by atoms with van der Waals surface area (Å²) in [6, 6.07) is 8.03. The summed E-state index contributed by atoms with van der Waals surface area (Å²) >= 11 is 0. The van der Waals surface area contributed by atoms with Gasteiger partial charge in [-0.05, 0) is 33.4 Å². The average molecular weight is 251 g/mol. The van der Waals surface area contributed by atoms with Gasteiger partial charge < -0.3 is 14.8 Å². The van der Waals surface area contributed by atoms with Crippen LogP contribution in [0.4, 0.5) is 0 Å². The van der Waals surface area contributed by atoms with E-state index in [1.807, 2.05) is 18.2 Å². The van der Waals surface area contributed by atoms with Gasteiger partial charge in [0.2, 0.25) is 0 Å². The first-order valence-corrected chi connectivity index (χ1v) is 6.49. The summed E-state index contributed by atoms with van der Waals surface area (Å²) in [5.74, 6) is 0.879. The minimum atomic E-state index is -0.180. The number of likely N-dealkylation sites (N-methyl/N-ethyl adjacent to an activating group) is 1. The zero-order chi connectivity index (χ0) is 13.6. The second kappa shape index (κ2) is 6.76. The van der Waals surface area contributed by atoms with Crippen molar-refractivity contribution >= 4 is 0 Å². The predicted octanol–water partition coefficient (Wildman–Crippen LogP) is 3.16. The van der Waals surface area contributed by atoms with Crippen LogP contribution < -0.4 is 10.1 Å². The molecule has 0 fully saturated rings. The van der Waals surface area contributed by atoms with Gasteiger partial charge in [-0.15, -0.1) is 0 Å². The van der Waals surface area contributed by atoms with Crippen molar-refractivity contribution in [1.29, 1.82) is 0 Å². The number of para-hydroxylation sites is 1. The molecule has 3 heteroatoms. The molecule has 0 aliphatic heterocycles. The van der Waals surface area contributed by atoms with Crippen molar-refractivity contribution in [3.8, 4) is 5.75 Å². The third kappa shape index (κ3) is 4.67. The van der Waals surface area contributed by atoms with Gasteiger partial charge in [0.05, 0.1) is 18.8 Å². The molecule has 1 aromatic carbocycles. The van der Waals surface area contributed by atoms with Crippen molar-refractivity contribution < 1.29 is 9.47 Å². The lowest BCUT2D eigenvalue weighted by Crippen LogP contribution is -2.30. The van der Waals surface area contributed by atoms with Crippen molar-refractivity contribution in [2.45, 2.75) is 39.4 Å². The summed E-state index contributed by atoms with van der Waals surface area (Å²) in [7, 11) is 1.69. The number of nitrogens with one attached hydrogen (secondary N) is 1. The quantitative estimate of drug-likeness (QED) is 0.842. The van der Waals surface area contributed by atoms with E-state index in [2.05, 4.69) is 39.1 Å². The first kappa shape index (κ1) is 15.0. The molecule has 0 spiro atoms. The largest absolute Gasteiger partial charge is 0.496 e. The van der Waals surface area contributed by atoms with Gasteiger partial charge in [-0.1, -0.05) is 25.1 Å². The highest BCUT2D eigenvalue weighted by Gasteiger charge is 2.22. The van der Waals surface area contributed by atoms with Crippen LogP contribution in [-0.2, 0) is 4.74 Å². The summed E-state index contributed by atoms with van der Waals surface area (Å²) in [6.45, 7) is 10.0. The summed E-state index contributed by atoms with van der Waals surface area (Å²) in [5, 5.41) is 3.34. The van der Waals surface area contributed by atoms with Crippen molar-refractivity contribution in [2.75, 3.05) is 20.2 Å². The molecule has 0 radical (unpaired) electrons. The van der Waals surface area contributed by atoms with Gasteiger partial charge in [-0.3, -0.25) is 0 Å². The molecule has 1 N–H and O–H groups in total. The van der Waals surface area contributed by atoms with E-state index in [0.717, 1.165) is 24.4 Å². The number of benzene rings is 1. The lowest BCUT2D eigenvalue weighted by Gasteiger charge is -2.29. The monoisotopic (exact) mass is 251 g/mol. The van der Waals surface area contributed by atoms with Crippen molar-refractivity contribution in [3.05, 3.63) is 29.8 Å². The number of ether oxygens (including phenoxy) is 2. The zero-order valence-electron chi connectivity index (χ0n) is 12.1. The van der Waals surface area contributed by atoms with Crippen molar-refractivity contribution in [3.63, 3.8) is 0 Å². The molecule has 0 aliphatic carbocycles. The fourth-order valence-corrected chi connectivity index (χ4v) is 1.85. The molecule has 1 aromatic rings. The Hall–Kier alpha value is -1.06. The van der Waals surface area contributed by atoms with Crippen LogP contribution in [0, 0.1) is 0 Å². The SMILES string of the molecule is CCNCC(OC(C)(C)C)c1ccccc1OC. The van der Waals surface area contributed by atoms with E-state index in [-0.39, 0.29) is 11.7 Å². The highest BCUT2D eigenvalue weighted by molar-refractivity contribution is 5.35. The zero-order valence-corrected chi connectivity index (χ0v) is 12.1. The van der Waals surface area contributed by atoms with Gasteiger partial charge in [-0.25, -0.2) is 0 Å². The molecule has 0 saturated heterocycles. The highest BCUT2D eigenvalue weighted by Crippen LogP contribution is 2.30. The van der Waals surface area contributed by atoms with Crippen LogP contribution in [0.2, 0.25) is 0 Å². The molecule has 0 aliphatic rings. The molecule has 3 nitrogen and oxygen atoms in total. The Labute approximate surface area is 110 Å². The Kier molecular flexibility index (Phi) is 5.63. The van der Waals surface area contributed by atoms with Crippen LogP contribution in [-0.4, -0.2) is 25.8 Å². The van der Waals surface area contributed by atoms with Crippen LogP contribution in [0.15, 0.2) is 24.3 Å². The Morgan fingerprint density at radius 3 is 2.44 bits per heavy atom. The van der Waals surface area contributed by atoms with Crippen molar-refractivity contribution in [2.24, 2.45) is 0 Å². The van der Waals surface area contributed by atoms with Crippen LogP contribution in [0.5, 0.6) is 5.75 Å². The predicted molar refractivity (Wildman–Crippen MR) is 75.1 cm³/mol. The summed E-state index contributed by atoms with van der Waals surface area (Å²) < 4.78 is 11.5. The van der Waals surface area contributed by atoms with E-state index in [1.54, 1.807) is 7.11 Å². The number of rotatable bonds is 6. The minimum Gasteiger partial charge on any atom is -0.496 e. The normalized spacial score (nSPS) is 13.4. The van der Waals surface area contributed by atoms with Crippen LogP contribution in [0.1, 0.15) is 39.4 Å². The Balaban J connectivity index is 2.93. The smallest absolute Gasteiger partial charge is 0.124 e. The maximum Gasteiger partial charge on any atom is 0.124 e. The number of methoxy groups -OCH3 is 1. The van der Waals surface area contributed by atoms with E-state index in [4.69, 9.17) is 9.47 Å². The first-order chi connectivity index (χ1) is 8.48. The van der Waals surface area contributed by atoms with E-state index in [9.17, 15) is 0 Å². The molecule has 0 saturated carbocycles. The average Bonchev–Trinajstić information content (AvgIpc) is 2.33. The van der Waals surface area contributed by atoms with E-state index >= 15 is 0 Å². The minimum absolute atomic E-state index is 0.00102. The van der Waals surface area contributed by atoms with E-state index < -0.39 is 0 Å². The standard InChI is InChI=1S/C15H25NO2/c1-6-16-11-14(18-15(2,3)4)12-9-7-8-10-13(12)17-5/h7-10,14,16H,6,11H2,1-5H3. The van der Waals surface area contributed by atoms with Crippen molar-refractivity contribution in [1.82, 2.24) is 5.32 Å². The van der Waals surface area contributed by atoms with Crippen LogP contribution in [0.25, 0.3) is 0 Å². The molecular weight excluding hydrogens is 226 g/mol. The second-order valence-electron chi connectivity index (χ2n) is 5.27. The Bertz CT molecular complexity index is 358. The maximum absolute atomic E-state index is 6.13. The Morgan fingerprint density at radius 2 is 1.89 bits per heavy atom. The highest BCUT2D eigenvalue weighted by atomic mass is 16.5. The van der Waals surface area contributed by atoms with E-state index in [0.29, 0.717) is 0 Å². The van der Waals surface area contributed by atoms with Gasteiger partial charge >= 0.3 is 0 Å². The summed E-state index contributed by atoms with van der Waals surface area (Å²) in [4.78, 5) is 0. The molecule has 1 atom stereocenters. The maximum atomic E-state index is 6.13. The molecule has 0 bridgehead atoms. The summed E-state index contributed by atoms with van der Waals surface area (Å²) in [6.07, 6.45) is 0.00102. The fraction of sp³-hybridized carbons (Fsp3) is 0.600. The topological polar surface area (TPSA) is 30.5 Å². The number of hydrogen-bond acceptors (Lipinski definition) is 3. The lowest BCUT2D eigenvalue weighted by molar-refractivity contribution is -0.0611. The van der Waals surface area contributed by atoms with Gasteiger partial charge in [0, 0.05) is 12.1 Å². The fourth-order valence-electron chi connectivity index (χ4n) is 1.85. The van der Waals surface area contributed by atoms with Gasteiger partial charge in [-0.2, -0.15) is 0 Å². The molecule has 1 rings (SSSR count). The molecular formula is C15H25NO2. The van der Waals surface area contributed by atoms with Crippen LogP contribution in [0.3, 0.4) is 0 Å². The second-order valence-corrected chi connectivity index (χ2v) is 5.27. The molecule has 1 unspecified atom stereocenters. The Morgan fingerprint density at radius 1 is 1.22 bits per heavy atom.